The van der Waals surface area contributed by atoms with Crippen LogP contribution < -0.4 is 0 Å². The van der Waals surface area contributed by atoms with Crippen LogP contribution in [-0.2, 0) is 6.42 Å². The van der Waals surface area contributed by atoms with E-state index in [-0.39, 0.29) is 0 Å². The highest BCUT2D eigenvalue weighted by Crippen LogP contribution is 2.17. The molecule has 2 aromatic heterocycles. The first-order valence-corrected chi connectivity index (χ1v) is 5.04. The van der Waals surface area contributed by atoms with Gasteiger partial charge in [-0.25, -0.2) is 4.98 Å². The number of rotatable bonds is 2. The summed E-state index contributed by atoms with van der Waals surface area (Å²) in [5.74, 6) is 0. The van der Waals surface area contributed by atoms with E-state index >= 15 is 0 Å². The lowest BCUT2D eigenvalue weighted by Crippen LogP contribution is -1.98. The Hall–Kier alpha value is -1.38. The molecule has 14 heavy (non-hydrogen) atoms. The van der Waals surface area contributed by atoms with Gasteiger partial charge in [-0.2, -0.15) is 0 Å². The number of nitrogens with zero attached hydrogens (tertiary/aromatic N) is 3. The molecule has 0 amide bonds. The second kappa shape index (κ2) is 3.40. The minimum absolute atomic E-state index is 0.451. The first-order valence-electron chi connectivity index (χ1n) is 5.04. The molecule has 0 saturated carbocycles. The zero-order chi connectivity index (χ0) is 10.1. The van der Waals surface area contributed by atoms with Crippen LogP contribution in [-0.4, -0.2) is 14.5 Å². The lowest BCUT2D eigenvalue weighted by molar-refractivity contribution is 0.617. The van der Waals surface area contributed by atoms with Crippen LogP contribution >= 0.6 is 0 Å². The van der Waals surface area contributed by atoms with E-state index in [2.05, 4.69) is 41.4 Å². The highest BCUT2D eigenvalue weighted by Gasteiger charge is 2.05. The third-order valence-corrected chi connectivity index (χ3v) is 2.44. The molecule has 0 atom stereocenters. The van der Waals surface area contributed by atoms with Gasteiger partial charge in [0.05, 0.1) is 18.0 Å². The fraction of sp³-hybridized carbons (Fsp3) is 0.455. The molecule has 2 heterocycles. The Morgan fingerprint density at radius 2 is 2.14 bits per heavy atom. The van der Waals surface area contributed by atoms with Gasteiger partial charge in [0.1, 0.15) is 5.52 Å². The summed E-state index contributed by atoms with van der Waals surface area (Å²) in [5.41, 5.74) is 3.29. The van der Waals surface area contributed by atoms with Gasteiger partial charge in [0.2, 0.25) is 0 Å². The molecule has 0 saturated heterocycles. The first kappa shape index (κ1) is 9.19. The van der Waals surface area contributed by atoms with Gasteiger partial charge >= 0.3 is 0 Å². The largest absolute Gasteiger partial charge is 0.328 e. The summed E-state index contributed by atoms with van der Waals surface area (Å²) in [4.78, 5) is 8.64. The summed E-state index contributed by atoms with van der Waals surface area (Å²) in [5, 5.41) is 0. The van der Waals surface area contributed by atoms with Crippen LogP contribution in [0.25, 0.3) is 11.0 Å². The van der Waals surface area contributed by atoms with Gasteiger partial charge in [-0.3, -0.25) is 4.98 Å². The topological polar surface area (TPSA) is 30.7 Å². The third kappa shape index (κ3) is 1.39. The molecule has 0 aliphatic carbocycles. The van der Waals surface area contributed by atoms with Crippen LogP contribution in [0.5, 0.6) is 0 Å². The lowest BCUT2D eigenvalue weighted by atomic mass is 10.2. The van der Waals surface area contributed by atoms with Gasteiger partial charge in [0.15, 0.2) is 0 Å². The summed E-state index contributed by atoms with van der Waals surface area (Å²) in [7, 11) is 0. The summed E-state index contributed by atoms with van der Waals surface area (Å²) in [6.45, 7) is 6.44. The minimum Gasteiger partial charge on any atom is -0.328 e. The summed E-state index contributed by atoms with van der Waals surface area (Å²) in [6, 6.07) is 2.58. The van der Waals surface area contributed by atoms with Crippen LogP contribution in [0, 0.1) is 0 Å². The molecule has 0 radical (unpaired) electrons. The van der Waals surface area contributed by atoms with E-state index in [0.29, 0.717) is 6.04 Å². The Bertz CT molecular complexity index is 443. The number of aryl methyl sites for hydroxylation is 1. The van der Waals surface area contributed by atoms with Crippen LogP contribution in [0.1, 0.15) is 32.5 Å². The molecule has 0 aliphatic heterocycles. The normalized spacial score (nSPS) is 11.4. The molecule has 3 heteroatoms. The molecule has 2 aromatic rings. The fourth-order valence-electron chi connectivity index (χ4n) is 1.58. The second-order valence-electron chi connectivity index (χ2n) is 3.76. The van der Waals surface area contributed by atoms with E-state index in [1.54, 1.807) is 0 Å². The quantitative estimate of drug-likeness (QED) is 0.727. The number of imidazole rings is 1. The van der Waals surface area contributed by atoms with E-state index in [1.165, 1.54) is 5.52 Å². The van der Waals surface area contributed by atoms with Crippen LogP contribution in [0.4, 0.5) is 0 Å². The highest BCUT2D eigenvalue weighted by atomic mass is 15.1. The van der Waals surface area contributed by atoms with Crippen molar-refractivity contribution in [3.05, 3.63) is 24.3 Å². The Kier molecular flexibility index (Phi) is 2.23. The first-order chi connectivity index (χ1) is 6.72. The molecular weight excluding hydrogens is 174 g/mol. The van der Waals surface area contributed by atoms with Crippen LogP contribution in [0.2, 0.25) is 0 Å². The highest BCUT2D eigenvalue weighted by molar-refractivity contribution is 5.74. The van der Waals surface area contributed by atoms with Crippen molar-refractivity contribution in [1.29, 1.82) is 0 Å². The molecule has 0 bridgehead atoms. The van der Waals surface area contributed by atoms with Crippen molar-refractivity contribution in [3.8, 4) is 0 Å². The van der Waals surface area contributed by atoms with Crippen molar-refractivity contribution in [3.63, 3.8) is 0 Å². The molecule has 0 spiro atoms. The van der Waals surface area contributed by atoms with Gasteiger partial charge in [-0.05, 0) is 26.3 Å². The monoisotopic (exact) mass is 189 g/mol. The number of pyridine rings is 1. The molecule has 0 N–H and O–H groups in total. The summed E-state index contributed by atoms with van der Waals surface area (Å²) in [6.07, 6.45) is 4.71. The maximum Gasteiger partial charge on any atom is 0.107 e. The van der Waals surface area contributed by atoms with Crippen molar-refractivity contribution < 1.29 is 0 Å². The maximum absolute atomic E-state index is 4.32. The molecule has 0 fully saturated rings. The molecule has 0 aromatic carbocycles. The molecule has 3 nitrogen and oxygen atoms in total. The maximum atomic E-state index is 4.32. The SMILES string of the molecule is CCc1cc2c(cn1)ncn2C(C)C. The summed E-state index contributed by atoms with van der Waals surface area (Å²) < 4.78 is 2.18. The average molecular weight is 189 g/mol. The Labute approximate surface area is 83.8 Å². The molecule has 0 unspecified atom stereocenters. The lowest BCUT2D eigenvalue weighted by Gasteiger charge is -2.07. The number of hydrogen-bond donors (Lipinski definition) is 0. The average Bonchev–Trinajstić information content (AvgIpc) is 2.59. The number of aromatic nitrogens is 3. The Balaban J connectivity index is 2.63. The Morgan fingerprint density at radius 3 is 2.79 bits per heavy atom. The van der Waals surface area contributed by atoms with Crippen molar-refractivity contribution in [2.24, 2.45) is 0 Å². The van der Waals surface area contributed by atoms with Crippen molar-refractivity contribution in [2.75, 3.05) is 0 Å². The molecule has 74 valence electrons. The van der Waals surface area contributed by atoms with Gasteiger partial charge in [0, 0.05) is 11.7 Å². The van der Waals surface area contributed by atoms with Crippen LogP contribution in [0.3, 0.4) is 0 Å². The van der Waals surface area contributed by atoms with E-state index < -0.39 is 0 Å². The Morgan fingerprint density at radius 1 is 1.36 bits per heavy atom. The standard InChI is InChI=1S/C11H15N3/c1-4-9-5-11-10(6-12-9)13-7-14(11)8(2)3/h5-8H,4H2,1-3H3. The van der Waals surface area contributed by atoms with Crippen LogP contribution in [0.15, 0.2) is 18.6 Å². The van der Waals surface area contributed by atoms with Gasteiger partial charge in [-0.1, -0.05) is 6.92 Å². The van der Waals surface area contributed by atoms with Gasteiger partial charge < -0.3 is 4.57 Å². The zero-order valence-corrected chi connectivity index (χ0v) is 8.86. The molecule has 0 aliphatic rings. The van der Waals surface area contributed by atoms with E-state index in [1.807, 2.05) is 12.5 Å². The predicted octanol–water partition coefficient (Wildman–Crippen LogP) is 2.57. The smallest absolute Gasteiger partial charge is 0.107 e. The van der Waals surface area contributed by atoms with E-state index in [9.17, 15) is 0 Å². The van der Waals surface area contributed by atoms with Gasteiger partial charge in [-0.15, -0.1) is 0 Å². The van der Waals surface area contributed by atoms with E-state index in [0.717, 1.165) is 17.6 Å². The predicted molar refractivity (Wildman–Crippen MR) is 57.3 cm³/mol. The van der Waals surface area contributed by atoms with Crippen molar-refractivity contribution >= 4 is 11.0 Å². The molecular formula is C11H15N3. The second-order valence-corrected chi connectivity index (χ2v) is 3.76. The zero-order valence-electron chi connectivity index (χ0n) is 8.86. The minimum atomic E-state index is 0.451. The number of fused-ring (bicyclic) bond motifs is 1. The third-order valence-electron chi connectivity index (χ3n) is 2.44. The van der Waals surface area contributed by atoms with Gasteiger partial charge in [0.25, 0.3) is 0 Å². The fourth-order valence-corrected chi connectivity index (χ4v) is 1.58. The summed E-state index contributed by atoms with van der Waals surface area (Å²) >= 11 is 0. The van der Waals surface area contributed by atoms with Crippen molar-refractivity contribution in [1.82, 2.24) is 14.5 Å². The van der Waals surface area contributed by atoms with Crippen molar-refractivity contribution in [2.45, 2.75) is 33.2 Å². The number of hydrogen-bond acceptors (Lipinski definition) is 2. The molecule has 2 rings (SSSR count). The van der Waals surface area contributed by atoms with E-state index in [4.69, 9.17) is 0 Å².